The Balaban J connectivity index is 1.53. The Hall–Kier alpha value is -2.71. The first kappa shape index (κ1) is 18.6. The van der Waals surface area contributed by atoms with E-state index in [1.165, 1.54) is 0 Å². The van der Waals surface area contributed by atoms with Gasteiger partial charge in [-0.3, -0.25) is 0 Å². The van der Waals surface area contributed by atoms with Gasteiger partial charge in [0.25, 0.3) is 0 Å². The maximum Gasteiger partial charge on any atom is 0.319 e. The molecular formula is C20H25N5O3. The van der Waals surface area contributed by atoms with Crippen LogP contribution in [0.3, 0.4) is 0 Å². The molecule has 1 aromatic heterocycles. The van der Waals surface area contributed by atoms with Gasteiger partial charge in [-0.15, -0.1) is 0 Å². The van der Waals surface area contributed by atoms with Crippen molar-refractivity contribution in [2.45, 2.75) is 38.5 Å². The first-order chi connectivity index (χ1) is 13.6. The molecule has 2 aromatic rings. The molecule has 8 heteroatoms. The molecule has 1 atom stereocenters. The second kappa shape index (κ2) is 8.12. The van der Waals surface area contributed by atoms with E-state index in [-0.39, 0.29) is 18.7 Å². The van der Waals surface area contributed by atoms with Crippen LogP contribution in [-0.2, 0) is 11.3 Å². The largest absolute Gasteiger partial charge is 0.390 e. The van der Waals surface area contributed by atoms with E-state index in [1.807, 2.05) is 30.3 Å². The van der Waals surface area contributed by atoms with Gasteiger partial charge < -0.3 is 25.4 Å². The minimum Gasteiger partial charge on any atom is -0.390 e. The first-order valence-corrected chi connectivity index (χ1v) is 9.63. The Morgan fingerprint density at radius 1 is 1.29 bits per heavy atom. The van der Waals surface area contributed by atoms with Crippen LogP contribution in [0.25, 0.3) is 11.4 Å². The van der Waals surface area contributed by atoms with Crippen molar-refractivity contribution in [3.63, 3.8) is 0 Å². The number of hydrogen-bond acceptors (Lipinski definition) is 6. The Morgan fingerprint density at radius 2 is 2.07 bits per heavy atom. The Kier molecular flexibility index (Phi) is 5.40. The smallest absolute Gasteiger partial charge is 0.319 e. The molecule has 0 radical (unpaired) electrons. The lowest BCUT2D eigenvalue weighted by atomic mass is 10.2. The highest BCUT2D eigenvalue weighted by Gasteiger charge is 2.23. The molecule has 1 saturated heterocycles. The number of amides is 2. The number of carbonyl (C=O) groups is 1. The van der Waals surface area contributed by atoms with Gasteiger partial charge in [-0.2, -0.15) is 0 Å². The van der Waals surface area contributed by atoms with Crippen LogP contribution in [0.1, 0.15) is 25.5 Å². The summed E-state index contributed by atoms with van der Waals surface area (Å²) in [5.74, 6) is 1.34. The van der Waals surface area contributed by atoms with Gasteiger partial charge in [-0.25, -0.2) is 14.8 Å². The molecule has 3 N–H and O–H groups in total. The van der Waals surface area contributed by atoms with E-state index in [0.717, 1.165) is 30.8 Å². The Morgan fingerprint density at radius 3 is 2.75 bits per heavy atom. The zero-order valence-electron chi connectivity index (χ0n) is 15.9. The van der Waals surface area contributed by atoms with Crippen LogP contribution in [0.2, 0.25) is 0 Å². The van der Waals surface area contributed by atoms with Crippen molar-refractivity contribution in [2.24, 2.45) is 0 Å². The highest BCUT2D eigenvalue weighted by molar-refractivity contribution is 5.89. The highest BCUT2D eigenvalue weighted by atomic mass is 16.5. The monoisotopic (exact) mass is 383 g/mol. The average Bonchev–Trinajstić information content (AvgIpc) is 3.52. The van der Waals surface area contributed by atoms with Crippen molar-refractivity contribution >= 4 is 17.5 Å². The van der Waals surface area contributed by atoms with Crippen molar-refractivity contribution in [3.05, 3.63) is 36.0 Å². The Labute approximate surface area is 163 Å². The summed E-state index contributed by atoms with van der Waals surface area (Å²) in [6.45, 7) is 3.99. The number of carbonyl (C=O) groups excluding carboxylic acids is 1. The summed E-state index contributed by atoms with van der Waals surface area (Å²) >= 11 is 0. The zero-order chi connectivity index (χ0) is 19.5. The van der Waals surface area contributed by atoms with Gasteiger partial charge >= 0.3 is 6.03 Å². The molecule has 1 aliphatic carbocycles. The standard InChI is InChI=1S/C20H25N5O3/c1-13-12-28-9-8-25(13)18-10-17(11-26)21-19(24-18)14-2-4-15(5-3-14)22-20(27)23-16-6-7-16/h2-5,10,13,16,26H,6-9,11-12H2,1H3,(H2,22,23,27)/t13-/m0/s1. The number of hydrogen-bond donors (Lipinski definition) is 3. The predicted molar refractivity (Wildman–Crippen MR) is 106 cm³/mol. The summed E-state index contributed by atoms with van der Waals surface area (Å²) < 4.78 is 5.50. The summed E-state index contributed by atoms with van der Waals surface area (Å²) in [7, 11) is 0. The van der Waals surface area contributed by atoms with E-state index in [0.29, 0.717) is 36.5 Å². The van der Waals surface area contributed by atoms with E-state index >= 15 is 0 Å². The molecular weight excluding hydrogens is 358 g/mol. The van der Waals surface area contributed by atoms with Crippen molar-refractivity contribution < 1.29 is 14.6 Å². The maximum absolute atomic E-state index is 11.9. The third-order valence-electron chi connectivity index (χ3n) is 4.90. The van der Waals surface area contributed by atoms with Crippen molar-refractivity contribution in [2.75, 3.05) is 30.0 Å². The summed E-state index contributed by atoms with van der Waals surface area (Å²) in [5, 5.41) is 15.4. The third-order valence-corrected chi connectivity index (χ3v) is 4.90. The normalized spacial score (nSPS) is 19.4. The molecule has 1 saturated carbocycles. The number of nitrogens with zero attached hydrogens (tertiary/aromatic N) is 3. The van der Waals surface area contributed by atoms with Gasteiger partial charge in [-0.05, 0) is 44.0 Å². The SMILES string of the molecule is C[C@H]1COCCN1c1cc(CO)nc(-c2ccc(NC(=O)NC3CC3)cc2)n1. The fourth-order valence-corrected chi connectivity index (χ4v) is 3.19. The average molecular weight is 383 g/mol. The summed E-state index contributed by atoms with van der Waals surface area (Å²) in [5.41, 5.74) is 2.11. The van der Waals surface area contributed by atoms with Gasteiger partial charge in [0.15, 0.2) is 5.82 Å². The van der Waals surface area contributed by atoms with Crippen LogP contribution in [0, 0.1) is 0 Å². The van der Waals surface area contributed by atoms with Crippen LogP contribution in [-0.4, -0.2) is 52.9 Å². The van der Waals surface area contributed by atoms with E-state index in [4.69, 9.17) is 9.72 Å². The van der Waals surface area contributed by atoms with Crippen molar-refractivity contribution in [1.82, 2.24) is 15.3 Å². The van der Waals surface area contributed by atoms with Crippen molar-refractivity contribution in [3.8, 4) is 11.4 Å². The number of anilines is 2. The van der Waals surface area contributed by atoms with Crippen molar-refractivity contribution in [1.29, 1.82) is 0 Å². The van der Waals surface area contributed by atoms with Crippen LogP contribution in [0.15, 0.2) is 30.3 Å². The van der Waals surface area contributed by atoms with E-state index in [2.05, 4.69) is 27.4 Å². The molecule has 1 aromatic carbocycles. The number of nitrogens with one attached hydrogen (secondary N) is 2. The maximum atomic E-state index is 11.9. The van der Waals surface area contributed by atoms with Crippen LogP contribution >= 0.6 is 0 Å². The number of aliphatic hydroxyl groups excluding tert-OH is 1. The Bertz CT molecular complexity index is 838. The predicted octanol–water partition coefficient (Wildman–Crippen LogP) is 2.14. The minimum absolute atomic E-state index is 0.151. The second-order valence-corrected chi connectivity index (χ2v) is 7.27. The molecule has 148 valence electrons. The molecule has 2 aliphatic rings. The van der Waals surface area contributed by atoms with Crippen LogP contribution in [0.4, 0.5) is 16.3 Å². The molecule has 1 aliphatic heterocycles. The van der Waals surface area contributed by atoms with Gasteiger partial charge in [-0.1, -0.05) is 0 Å². The number of urea groups is 1. The molecule has 2 amide bonds. The highest BCUT2D eigenvalue weighted by Crippen LogP contribution is 2.24. The lowest BCUT2D eigenvalue weighted by Gasteiger charge is -2.34. The number of rotatable bonds is 5. The molecule has 8 nitrogen and oxygen atoms in total. The van der Waals surface area contributed by atoms with Crippen LogP contribution in [0.5, 0.6) is 0 Å². The fourth-order valence-electron chi connectivity index (χ4n) is 3.19. The molecule has 2 fully saturated rings. The van der Waals surface area contributed by atoms with E-state index in [9.17, 15) is 9.90 Å². The van der Waals surface area contributed by atoms with Gasteiger partial charge in [0.2, 0.25) is 0 Å². The summed E-state index contributed by atoms with van der Waals surface area (Å²) in [6, 6.07) is 9.56. The molecule has 28 heavy (non-hydrogen) atoms. The quantitative estimate of drug-likeness (QED) is 0.732. The molecule has 0 unspecified atom stereocenters. The van der Waals surface area contributed by atoms with Gasteiger partial charge in [0.1, 0.15) is 5.82 Å². The second-order valence-electron chi connectivity index (χ2n) is 7.27. The van der Waals surface area contributed by atoms with Gasteiger partial charge in [0.05, 0.1) is 31.6 Å². The number of benzene rings is 1. The lowest BCUT2D eigenvalue weighted by molar-refractivity contribution is 0.0985. The minimum atomic E-state index is -0.183. The number of aliphatic hydroxyl groups is 1. The first-order valence-electron chi connectivity index (χ1n) is 9.63. The van der Waals surface area contributed by atoms with Gasteiger partial charge in [0, 0.05) is 29.9 Å². The summed E-state index contributed by atoms with van der Waals surface area (Å²) in [4.78, 5) is 23.2. The molecule has 0 bridgehead atoms. The fraction of sp³-hybridized carbons (Fsp3) is 0.450. The van der Waals surface area contributed by atoms with E-state index in [1.54, 1.807) is 0 Å². The summed E-state index contributed by atoms with van der Waals surface area (Å²) in [6.07, 6.45) is 2.10. The topological polar surface area (TPSA) is 99.6 Å². The number of aromatic nitrogens is 2. The lowest BCUT2D eigenvalue weighted by Crippen LogP contribution is -2.44. The number of ether oxygens (including phenoxy) is 1. The molecule has 0 spiro atoms. The molecule has 4 rings (SSSR count). The zero-order valence-corrected chi connectivity index (χ0v) is 15.9. The molecule has 2 heterocycles. The third kappa shape index (κ3) is 4.40. The van der Waals surface area contributed by atoms with E-state index < -0.39 is 0 Å². The van der Waals surface area contributed by atoms with Crippen LogP contribution < -0.4 is 15.5 Å². The number of morpholine rings is 1.